The van der Waals surface area contributed by atoms with Gasteiger partial charge in [0.25, 0.3) is 0 Å². The lowest BCUT2D eigenvalue weighted by atomic mass is 9.99. The summed E-state index contributed by atoms with van der Waals surface area (Å²) in [6.07, 6.45) is 0. The quantitative estimate of drug-likeness (QED) is 0.200. The highest BCUT2D eigenvalue weighted by Gasteiger charge is 2.20. The van der Waals surface area contributed by atoms with E-state index in [1.807, 2.05) is 24.3 Å². The molecule has 0 saturated carbocycles. The summed E-state index contributed by atoms with van der Waals surface area (Å²) in [7, 11) is 6.55. The summed E-state index contributed by atoms with van der Waals surface area (Å²) in [4.78, 5) is 17.1. The van der Waals surface area contributed by atoms with Crippen LogP contribution in [0.1, 0.15) is 0 Å². The third kappa shape index (κ3) is 6.32. The molecule has 0 aliphatic heterocycles. The molecule has 2 heterocycles. The molecule has 4 N–H and O–H groups in total. The van der Waals surface area contributed by atoms with Gasteiger partial charge in [-0.1, -0.05) is 84.9 Å². The molecule has 10 rings (SSSR count). The Hall–Kier alpha value is -6.26. The van der Waals surface area contributed by atoms with E-state index in [9.17, 15) is 0 Å². The number of hydrogen-bond donors (Lipinski definition) is 0. The number of ether oxygens (including phenoxy) is 4. The van der Waals surface area contributed by atoms with Gasteiger partial charge >= 0.3 is 0 Å². The Morgan fingerprint density at radius 3 is 0.982 bits per heavy atom. The van der Waals surface area contributed by atoms with Crippen molar-refractivity contribution in [3.8, 4) is 23.0 Å². The first-order valence-corrected chi connectivity index (χ1v) is 17.0. The lowest BCUT2D eigenvalue weighted by Crippen LogP contribution is -3.00. The number of aromatic nitrogens is 4. The molecule has 0 radical (unpaired) electrons. The lowest BCUT2D eigenvalue weighted by molar-refractivity contribution is -0.309. The van der Waals surface area contributed by atoms with Crippen LogP contribution in [0.3, 0.4) is 0 Å². The fourth-order valence-electron chi connectivity index (χ4n) is 7.36. The molecule has 0 atom stereocenters. The van der Waals surface area contributed by atoms with Crippen molar-refractivity contribution in [1.29, 1.82) is 0 Å². The van der Waals surface area contributed by atoms with Crippen LogP contribution in [0, 0.1) is 0 Å². The van der Waals surface area contributed by atoms with Crippen molar-refractivity contribution >= 4 is 87.2 Å². The average Bonchev–Trinajstić information content (AvgIpc) is 3.21. The van der Waals surface area contributed by atoms with Crippen molar-refractivity contribution in [2.75, 3.05) is 28.4 Å². The van der Waals surface area contributed by atoms with Gasteiger partial charge in [0.1, 0.15) is 22.1 Å². The van der Waals surface area contributed by atoms with Gasteiger partial charge in [0.05, 0.1) is 51.3 Å². The topological polar surface area (TPSA) is 122 Å². The van der Waals surface area contributed by atoms with E-state index in [1.54, 1.807) is 28.4 Å². The van der Waals surface area contributed by atoms with Crippen LogP contribution in [-0.2, 0) is 0 Å². The van der Waals surface area contributed by atoms with Gasteiger partial charge in [-0.15, -0.1) is 0 Å². The van der Waals surface area contributed by atoms with Gasteiger partial charge in [0.2, 0.25) is 22.1 Å². The summed E-state index contributed by atoms with van der Waals surface area (Å²) in [6.45, 7) is 0. The maximum atomic E-state index is 5.44. The standard InChI is InChI=1S/2C22H16N2O2.2ClH.H2O/c2*1-25-19-11-17-18(12-20(19)26-2)24-22-16-10-6-4-8-14(16)13-7-3-5-9-15(13)21(22)23-17;;;/h2*3-12H,1-2H3;2*1H;1H2. The fraction of sp³-hybridized carbons (Fsp3) is 0.0909. The molecule has 2 aromatic heterocycles. The molecule has 55 heavy (non-hydrogen) atoms. The molecule has 0 saturated heterocycles. The number of H-pyrrole nitrogens is 2. The summed E-state index contributed by atoms with van der Waals surface area (Å²) in [5.41, 5.74) is 7.48. The predicted octanol–water partition coefficient (Wildman–Crippen LogP) is 2.23. The molecule has 0 aliphatic carbocycles. The number of fused-ring (bicyclic) bond motifs is 14. The van der Waals surface area contributed by atoms with Crippen molar-refractivity contribution in [1.82, 2.24) is 9.97 Å². The van der Waals surface area contributed by atoms with Crippen LogP contribution >= 0.6 is 0 Å². The van der Waals surface area contributed by atoms with Gasteiger partial charge < -0.3 is 49.2 Å². The number of halogens is 2. The highest BCUT2D eigenvalue weighted by Crippen LogP contribution is 2.37. The van der Waals surface area contributed by atoms with Crippen LogP contribution in [0.2, 0.25) is 0 Å². The first kappa shape index (κ1) is 38.5. The molecule has 10 aromatic rings. The van der Waals surface area contributed by atoms with Crippen molar-refractivity contribution in [3.05, 3.63) is 121 Å². The zero-order chi connectivity index (χ0) is 35.3. The molecule has 0 aliphatic rings. The Balaban J connectivity index is 0.000000177. The van der Waals surface area contributed by atoms with E-state index in [1.165, 1.54) is 21.5 Å². The minimum atomic E-state index is 0. The van der Waals surface area contributed by atoms with Gasteiger partial charge in [-0.05, 0) is 33.7 Å². The van der Waals surface area contributed by atoms with E-state index in [0.717, 1.165) is 65.7 Å². The Kier molecular flexibility index (Phi) is 10.9. The Morgan fingerprint density at radius 1 is 0.382 bits per heavy atom. The molecule has 9 nitrogen and oxygen atoms in total. The SMILES string of the molecule is COc1cc2nc3c4ccccc4c4ccccc4c3[nH+]c2cc1OC.COc1cc2nc3c4ccccc4c4ccccc4c3[nH+]c2cc1OC.O.[Cl-].[Cl-]. The fourth-order valence-corrected chi connectivity index (χ4v) is 7.36. The van der Waals surface area contributed by atoms with Crippen LogP contribution in [0.15, 0.2) is 121 Å². The lowest BCUT2D eigenvalue weighted by Gasteiger charge is -2.09. The van der Waals surface area contributed by atoms with Crippen molar-refractivity contribution in [3.63, 3.8) is 0 Å². The smallest absolute Gasteiger partial charge is 0.238 e. The monoisotopic (exact) mass is 770 g/mol. The Morgan fingerprint density at radius 2 is 0.655 bits per heavy atom. The van der Waals surface area contributed by atoms with E-state index in [-0.39, 0.29) is 30.3 Å². The largest absolute Gasteiger partial charge is 1.00 e. The van der Waals surface area contributed by atoms with Crippen molar-refractivity contribution in [2.24, 2.45) is 0 Å². The first-order chi connectivity index (χ1) is 25.6. The second-order valence-electron chi connectivity index (χ2n) is 12.6. The molecule has 0 amide bonds. The number of benzene rings is 8. The van der Waals surface area contributed by atoms with Crippen molar-refractivity contribution in [2.45, 2.75) is 0 Å². The third-order valence-electron chi connectivity index (χ3n) is 9.80. The third-order valence-corrected chi connectivity index (χ3v) is 9.80. The van der Waals surface area contributed by atoms with Crippen LogP contribution < -0.4 is 53.7 Å². The highest BCUT2D eigenvalue weighted by molar-refractivity contribution is 6.23. The molecule has 8 aromatic carbocycles. The van der Waals surface area contributed by atoms with Gasteiger partial charge in [0.15, 0.2) is 23.0 Å². The molecule has 0 fully saturated rings. The van der Waals surface area contributed by atoms with Gasteiger partial charge in [-0.25, -0.2) is 19.9 Å². The molecule has 0 bridgehead atoms. The van der Waals surface area contributed by atoms with Crippen LogP contribution in [0.5, 0.6) is 23.0 Å². The average molecular weight is 772 g/mol. The van der Waals surface area contributed by atoms with Gasteiger partial charge in [-0.3, -0.25) is 0 Å². The molecule has 0 spiro atoms. The maximum absolute atomic E-state index is 5.44. The zero-order valence-corrected chi connectivity index (χ0v) is 31.8. The molecular weight excluding hydrogens is 735 g/mol. The summed E-state index contributed by atoms with van der Waals surface area (Å²) in [5, 5.41) is 9.42. The van der Waals surface area contributed by atoms with E-state index in [2.05, 4.69) is 107 Å². The minimum absolute atomic E-state index is 0. The number of hydrogen-bond acceptors (Lipinski definition) is 6. The van der Waals surface area contributed by atoms with E-state index in [4.69, 9.17) is 28.9 Å². The number of nitrogens with one attached hydrogen (secondary N) is 2. The van der Waals surface area contributed by atoms with Gasteiger partial charge in [-0.2, -0.15) is 0 Å². The maximum Gasteiger partial charge on any atom is 0.238 e. The minimum Gasteiger partial charge on any atom is -1.00 e. The number of methoxy groups -OCH3 is 4. The van der Waals surface area contributed by atoms with E-state index < -0.39 is 0 Å². The molecule has 0 unspecified atom stereocenters. The first-order valence-electron chi connectivity index (χ1n) is 17.0. The summed E-state index contributed by atoms with van der Waals surface area (Å²) < 4.78 is 21.8. The van der Waals surface area contributed by atoms with Crippen LogP contribution in [0.25, 0.3) is 87.2 Å². The highest BCUT2D eigenvalue weighted by atomic mass is 35.5. The molecular formula is C44H36Cl2N4O5. The summed E-state index contributed by atoms with van der Waals surface area (Å²) in [6, 6.07) is 41.3. The Labute approximate surface area is 328 Å². The van der Waals surface area contributed by atoms with E-state index >= 15 is 0 Å². The summed E-state index contributed by atoms with van der Waals surface area (Å²) in [5.74, 6) is 2.71. The summed E-state index contributed by atoms with van der Waals surface area (Å²) >= 11 is 0. The number of aromatic amines is 2. The van der Waals surface area contributed by atoms with Crippen LogP contribution in [0.4, 0.5) is 0 Å². The molecule has 11 heteroatoms. The van der Waals surface area contributed by atoms with Crippen molar-refractivity contribution < 1.29 is 59.2 Å². The second kappa shape index (κ2) is 15.6. The normalized spacial score (nSPS) is 10.8. The number of nitrogens with zero attached hydrogens (tertiary/aromatic N) is 2. The second-order valence-corrected chi connectivity index (χ2v) is 12.6. The van der Waals surface area contributed by atoms with Gasteiger partial charge in [0, 0.05) is 22.9 Å². The zero-order valence-electron chi connectivity index (χ0n) is 30.3. The van der Waals surface area contributed by atoms with Crippen LogP contribution in [-0.4, -0.2) is 43.9 Å². The predicted molar refractivity (Wildman–Crippen MR) is 211 cm³/mol. The molecule has 276 valence electrons. The number of rotatable bonds is 4. The Bertz CT molecular complexity index is 2640. The van der Waals surface area contributed by atoms with E-state index in [0.29, 0.717) is 23.0 Å².